The average Bonchev–Trinajstić information content (AvgIpc) is 2.34. The van der Waals surface area contributed by atoms with Crippen LogP contribution in [0.3, 0.4) is 0 Å². The molecule has 0 saturated heterocycles. The molecule has 0 aromatic heterocycles. The smallest absolute Gasteiger partial charge is 0.333 e. The standard InChI is InChI=1S/C15H24O4/c1-6-14(16)18-12-7-10(4)11(5)8-13(12)19-15(17)9(2)3/h10-13H,2,6-8H2,1,3-5H3/t10-,11?,12?,13?/m0/s1. The Hall–Kier alpha value is -1.32. The molecule has 4 heteroatoms. The molecule has 0 aromatic rings. The summed E-state index contributed by atoms with van der Waals surface area (Å²) < 4.78 is 10.8. The molecule has 0 spiro atoms. The quantitative estimate of drug-likeness (QED) is 0.581. The number of carbonyl (C=O) groups excluding carboxylic acids is 2. The van der Waals surface area contributed by atoms with Crippen LogP contribution < -0.4 is 0 Å². The molecule has 0 N–H and O–H groups in total. The predicted molar refractivity (Wildman–Crippen MR) is 72.4 cm³/mol. The minimum absolute atomic E-state index is 0.247. The monoisotopic (exact) mass is 268 g/mol. The number of hydrogen-bond donors (Lipinski definition) is 0. The van der Waals surface area contributed by atoms with Gasteiger partial charge in [0.2, 0.25) is 0 Å². The number of rotatable bonds is 4. The number of carbonyl (C=O) groups is 2. The molecule has 0 bridgehead atoms. The summed E-state index contributed by atoms with van der Waals surface area (Å²) in [6.45, 7) is 11.2. The second-order valence-electron chi connectivity index (χ2n) is 5.53. The molecule has 3 unspecified atom stereocenters. The van der Waals surface area contributed by atoms with Crippen LogP contribution in [0.4, 0.5) is 0 Å². The predicted octanol–water partition coefficient (Wildman–Crippen LogP) is 2.86. The second kappa shape index (κ2) is 6.73. The summed E-state index contributed by atoms with van der Waals surface area (Å²) in [4.78, 5) is 23.1. The maximum atomic E-state index is 11.6. The van der Waals surface area contributed by atoms with E-state index in [0.717, 1.165) is 12.8 Å². The first-order valence-electron chi connectivity index (χ1n) is 6.91. The summed E-state index contributed by atoms with van der Waals surface area (Å²) in [5.41, 5.74) is 0.367. The lowest BCUT2D eigenvalue weighted by Gasteiger charge is -2.37. The van der Waals surface area contributed by atoms with Crippen LogP contribution in [-0.2, 0) is 19.1 Å². The molecule has 19 heavy (non-hydrogen) atoms. The van der Waals surface area contributed by atoms with Gasteiger partial charge in [0.15, 0.2) is 0 Å². The summed E-state index contributed by atoms with van der Waals surface area (Å²) in [7, 11) is 0. The van der Waals surface area contributed by atoms with Gasteiger partial charge >= 0.3 is 11.9 Å². The van der Waals surface area contributed by atoms with Gasteiger partial charge in [0.05, 0.1) is 0 Å². The Bertz CT molecular complexity index is 361. The summed E-state index contributed by atoms with van der Waals surface area (Å²) in [6.07, 6.45) is 1.11. The van der Waals surface area contributed by atoms with Crippen molar-refractivity contribution in [2.24, 2.45) is 11.8 Å². The average molecular weight is 268 g/mol. The van der Waals surface area contributed by atoms with Crippen LogP contribution in [0.25, 0.3) is 0 Å². The molecule has 1 aliphatic carbocycles. The number of ether oxygens (including phenoxy) is 2. The van der Waals surface area contributed by atoms with Gasteiger partial charge in [-0.2, -0.15) is 0 Å². The Balaban J connectivity index is 2.73. The molecule has 0 aliphatic heterocycles. The van der Waals surface area contributed by atoms with E-state index in [9.17, 15) is 9.59 Å². The maximum Gasteiger partial charge on any atom is 0.333 e. The highest BCUT2D eigenvalue weighted by Crippen LogP contribution is 2.33. The third-order valence-corrected chi connectivity index (χ3v) is 3.77. The van der Waals surface area contributed by atoms with Crippen LogP contribution in [0.2, 0.25) is 0 Å². The zero-order valence-electron chi connectivity index (χ0n) is 12.3. The summed E-state index contributed by atoms with van der Waals surface area (Å²) >= 11 is 0. The molecule has 1 aliphatic rings. The van der Waals surface area contributed by atoms with Crippen molar-refractivity contribution in [2.75, 3.05) is 0 Å². The first-order chi connectivity index (χ1) is 8.85. The van der Waals surface area contributed by atoms with Gasteiger partial charge in [-0.05, 0) is 31.6 Å². The van der Waals surface area contributed by atoms with Crippen molar-refractivity contribution < 1.29 is 19.1 Å². The van der Waals surface area contributed by atoms with Crippen LogP contribution in [0.1, 0.15) is 47.0 Å². The summed E-state index contributed by atoms with van der Waals surface area (Å²) in [6, 6.07) is 0. The van der Waals surface area contributed by atoms with Gasteiger partial charge in [0.1, 0.15) is 12.2 Å². The maximum absolute atomic E-state index is 11.6. The molecule has 4 atom stereocenters. The highest BCUT2D eigenvalue weighted by Gasteiger charge is 2.37. The van der Waals surface area contributed by atoms with Gasteiger partial charge in [0.25, 0.3) is 0 Å². The van der Waals surface area contributed by atoms with E-state index in [-0.39, 0.29) is 18.2 Å². The molecule has 108 valence electrons. The highest BCUT2D eigenvalue weighted by atomic mass is 16.6. The van der Waals surface area contributed by atoms with E-state index in [1.807, 2.05) is 0 Å². The summed E-state index contributed by atoms with van der Waals surface area (Å²) in [5.74, 6) is 0.237. The van der Waals surface area contributed by atoms with E-state index in [2.05, 4.69) is 20.4 Å². The van der Waals surface area contributed by atoms with Crippen LogP contribution >= 0.6 is 0 Å². The van der Waals surface area contributed by atoms with Crippen LogP contribution in [0.5, 0.6) is 0 Å². The zero-order chi connectivity index (χ0) is 14.6. The molecule has 0 aromatic carbocycles. The first kappa shape index (κ1) is 15.7. The van der Waals surface area contributed by atoms with E-state index in [4.69, 9.17) is 9.47 Å². The number of esters is 2. The Kier molecular flexibility index (Phi) is 5.58. The van der Waals surface area contributed by atoms with Crippen LogP contribution in [-0.4, -0.2) is 24.1 Å². The largest absolute Gasteiger partial charge is 0.458 e. The van der Waals surface area contributed by atoms with Crippen LogP contribution in [0.15, 0.2) is 12.2 Å². The third-order valence-electron chi connectivity index (χ3n) is 3.77. The lowest BCUT2D eigenvalue weighted by atomic mass is 9.78. The second-order valence-corrected chi connectivity index (χ2v) is 5.53. The fourth-order valence-electron chi connectivity index (χ4n) is 2.24. The van der Waals surface area contributed by atoms with E-state index >= 15 is 0 Å². The van der Waals surface area contributed by atoms with Crippen molar-refractivity contribution in [1.29, 1.82) is 0 Å². The Morgan fingerprint density at radius 2 is 1.58 bits per heavy atom. The molecule has 0 amide bonds. The van der Waals surface area contributed by atoms with Gasteiger partial charge in [-0.15, -0.1) is 0 Å². The fraction of sp³-hybridized carbons (Fsp3) is 0.733. The zero-order valence-corrected chi connectivity index (χ0v) is 12.3. The number of hydrogen-bond acceptors (Lipinski definition) is 4. The van der Waals surface area contributed by atoms with Gasteiger partial charge in [-0.1, -0.05) is 27.4 Å². The molecule has 0 radical (unpaired) electrons. The Labute approximate surface area is 115 Å². The minimum Gasteiger partial charge on any atom is -0.458 e. The Morgan fingerprint density at radius 1 is 1.11 bits per heavy atom. The molecular formula is C15H24O4. The van der Waals surface area contributed by atoms with Crippen molar-refractivity contribution in [3.63, 3.8) is 0 Å². The molecule has 1 saturated carbocycles. The topological polar surface area (TPSA) is 52.6 Å². The highest BCUT2D eigenvalue weighted by molar-refractivity contribution is 5.87. The van der Waals surface area contributed by atoms with Gasteiger partial charge in [-0.3, -0.25) is 4.79 Å². The fourth-order valence-corrected chi connectivity index (χ4v) is 2.24. The normalized spacial score (nSPS) is 30.5. The van der Waals surface area contributed by atoms with Crippen molar-refractivity contribution >= 4 is 11.9 Å². The first-order valence-corrected chi connectivity index (χ1v) is 6.91. The van der Waals surface area contributed by atoms with E-state index in [0.29, 0.717) is 23.8 Å². The lowest BCUT2D eigenvalue weighted by molar-refractivity contribution is -0.172. The molecular weight excluding hydrogens is 244 g/mol. The van der Waals surface area contributed by atoms with E-state index in [1.54, 1.807) is 13.8 Å². The SMILES string of the molecule is C=C(C)C(=O)OC1CC(C)[C@@H](C)CC1OC(=O)CC. The lowest BCUT2D eigenvalue weighted by Crippen LogP contribution is -2.43. The molecule has 0 heterocycles. The summed E-state index contributed by atoms with van der Waals surface area (Å²) in [5, 5.41) is 0. The van der Waals surface area contributed by atoms with Gasteiger partial charge in [-0.25, -0.2) is 4.79 Å². The molecule has 1 fully saturated rings. The van der Waals surface area contributed by atoms with Crippen molar-refractivity contribution in [3.8, 4) is 0 Å². The van der Waals surface area contributed by atoms with Crippen molar-refractivity contribution in [2.45, 2.75) is 59.2 Å². The minimum atomic E-state index is -0.413. The molecule has 4 nitrogen and oxygen atoms in total. The Morgan fingerprint density at radius 3 is 2.00 bits per heavy atom. The van der Waals surface area contributed by atoms with Crippen LogP contribution in [0, 0.1) is 11.8 Å². The van der Waals surface area contributed by atoms with Crippen molar-refractivity contribution in [1.82, 2.24) is 0 Å². The third kappa shape index (κ3) is 4.37. The van der Waals surface area contributed by atoms with Gasteiger partial charge in [0, 0.05) is 12.0 Å². The van der Waals surface area contributed by atoms with E-state index < -0.39 is 5.97 Å². The van der Waals surface area contributed by atoms with Gasteiger partial charge < -0.3 is 9.47 Å². The molecule has 1 rings (SSSR count). The van der Waals surface area contributed by atoms with Crippen molar-refractivity contribution in [3.05, 3.63) is 12.2 Å². The van der Waals surface area contributed by atoms with E-state index in [1.165, 1.54) is 0 Å².